The molecule has 0 amide bonds. The van der Waals surface area contributed by atoms with Gasteiger partial charge in [-0.1, -0.05) is 19.3 Å². The van der Waals surface area contributed by atoms with Gasteiger partial charge >= 0.3 is 6.36 Å². The Morgan fingerprint density at radius 1 is 1.15 bits per heavy atom. The number of hydrogen-bond donors (Lipinski definition) is 2. The number of nitrogens with one attached hydrogen (secondary N) is 1. The van der Waals surface area contributed by atoms with Crippen molar-refractivity contribution in [2.24, 2.45) is 10.7 Å². The van der Waals surface area contributed by atoms with Gasteiger partial charge in [0.05, 0.1) is 6.10 Å². The number of ether oxygens (including phenoxy) is 2. The van der Waals surface area contributed by atoms with Gasteiger partial charge in [-0.15, -0.1) is 37.1 Å². The van der Waals surface area contributed by atoms with Crippen molar-refractivity contribution in [1.29, 1.82) is 0 Å². The second-order valence-electron chi connectivity index (χ2n) is 5.95. The Balaban J connectivity index is 0.00000338. The lowest BCUT2D eigenvalue weighted by Crippen LogP contribution is -2.23. The van der Waals surface area contributed by atoms with Crippen molar-refractivity contribution in [2.45, 2.75) is 51.0 Å². The van der Waals surface area contributed by atoms with Crippen LogP contribution in [0.4, 0.5) is 18.9 Å². The van der Waals surface area contributed by atoms with E-state index in [1.807, 2.05) is 0 Å². The second kappa shape index (κ2) is 11.5. The van der Waals surface area contributed by atoms with Crippen LogP contribution in [0.15, 0.2) is 29.3 Å². The molecule has 1 aromatic carbocycles. The van der Waals surface area contributed by atoms with Crippen LogP contribution in [0, 0.1) is 0 Å². The van der Waals surface area contributed by atoms with E-state index in [1.54, 1.807) is 0 Å². The fourth-order valence-electron chi connectivity index (χ4n) is 2.67. The van der Waals surface area contributed by atoms with Gasteiger partial charge in [0.1, 0.15) is 5.75 Å². The largest absolute Gasteiger partial charge is 0.573 e. The standard InChI is InChI=1S/C17H24F3N3O2.HI/c18-17(19,20)25-15-9-7-13(8-10-15)23-16(21)22-11-4-12-24-14-5-2-1-3-6-14;/h7-10,14H,1-6,11-12H2,(H3,21,22,23);1H. The molecule has 0 bridgehead atoms. The Morgan fingerprint density at radius 3 is 2.42 bits per heavy atom. The summed E-state index contributed by atoms with van der Waals surface area (Å²) in [7, 11) is 0. The van der Waals surface area contributed by atoms with E-state index in [0.29, 0.717) is 24.9 Å². The van der Waals surface area contributed by atoms with Crippen LogP contribution < -0.4 is 15.8 Å². The molecular weight excluding hydrogens is 462 g/mol. The summed E-state index contributed by atoms with van der Waals surface area (Å²) in [6.07, 6.45) is 2.52. The molecule has 26 heavy (non-hydrogen) atoms. The molecule has 3 N–H and O–H groups in total. The predicted octanol–water partition coefficient (Wildman–Crippen LogP) is 4.67. The zero-order valence-corrected chi connectivity index (χ0v) is 16.8. The normalized spacial score (nSPS) is 16.0. The van der Waals surface area contributed by atoms with Crippen LogP contribution in [0.1, 0.15) is 38.5 Å². The maximum absolute atomic E-state index is 12.1. The lowest BCUT2D eigenvalue weighted by Gasteiger charge is -2.21. The molecule has 0 aromatic heterocycles. The smallest absolute Gasteiger partial charge is 0.406 e. The fraction of sp³-hybridized carbons (Fsp3) is 0.588. The fourth-order valence-corrected chi connectivity index (χ4v) is 2.67. The molecule has 1 aliphatic rings. The number of rotatable bonds is 7. The summed E-state index contributed by atoms with van der Waals surface area (Å²) in [5, 5.41) is 2.82. The van der Waals surface area contributed by atoms with Gasteiger partial charge in [-0.3, -0.25) is 4.99 Å². The molecule has 148 valence electrons. The van der Waals surface area contributed by atoms with E-state index in [0.717, 1.165) is 19.3 Å². The van der Waals surface area contributed by atoms with Crippen LogP contribution in [-0.4, -0.2) is 31.6 Å². The monoisotopic (exact) mass is 487 g/mol. The summed E-state index contributed by atoms with van der Waals surface area (Å²) in [5.41, 5.74) is 6.29. The van der Waals surface area contributed by atoms with Crippen molar-refractivity contribution in [3.05, 3.63) is 24.3 Å². The molecule has 0 saturated heterocycles. The summed E-state index contributed by atoms with van der Waals surface area (Å²) >= 11 is 0. The van der Waals surface area contributed by atoms with E-state index < -0.39 is 6.36 Å². The van der Waals surface area contributed by atoms with Crippen molar-refractivity contribution in [1.82, 2.24) is 0 Å². The minimum atomic E-state index is -4.70. The highest BCUT2D eigenvalue weighted by atomic mass is 127. The summed E-state index contributed by atoms with van der Waals surface area (Å²) in [6, 6.07) is 5.30. The first-order valence-corrected chi connectivity index (χ1v) is 8.47. The van der Waals surface area contributed by atoms with Crippen molar-refractivity contribution in [3.8, 4) is 5.75 Å². The van der Waals surface area contributed by atoms with Crippen molar-refractivity contribution >= 4 is 35.6 Å². The number of guanidine groups is 1. The molecule has 9 heteroatoms. The number of anilines is 1. The molecule has 2 rings (SSSR count). The maximum atomic E-state index is 12.1. The molecule has 0 atom stereocenters. The van der Waals surface area contributed by atoms with Crippen LogP contribution in [0.2, 0.25) is 0 Å². The quantitative estimate of drug-likeness (QED) is 0.254. The number of benzene rings is 1. The summed E-state index contributed by atoms with van der Waals surface area (Å²) in [5.74, 6) is -0.0735. The molecule has 5 nitrogen and oxygen atoms in total. The first-order chi connectivity index (χ1) is 11.9. The number of nitrogens with two attached hydrogens (primary N) is 1. The highest BCUT2D eigenvalue weighted by molar-refractivity contribution is 14.0. The van der Waals surface area contributed by atoms with E-state index in [1.165, 1.54) is 43.5 Å². The number of nitrogens with zero attached hydrogens (tertiary/aromatic N) is 1. The van der Waals surface area contributed by atoms with Gasteiger partial charge in [0.15, 0.2) is 5.96 Å². The average Bonchev–Trinajstić information content (AvgIpc) is 2.56. The van der Waals surface area contributed by atoms with Gasteiger partial charge in [-0.05, 0) is 43.5 Å². The zero-order chi connectivity index (χ0) is 18.1. The minimum absolute atomic E-state index is 0. The topological polar surface area (TPSA) is 68.9 Å². The SMILES string of the molecule is I.NC(=NCCCOC1CCCCC1)Nc1ccc(OC(F)(F)F)cc1. The third-order valence-electron chi connectivity index (χ3n) is 3.85. The van der Waals surface area contributed by atoms with E-state index in [9.17, 15) is 13.2 Å². The second-order valence-corrected chi connectivity index (χ2v) is 5.95. The Hall–Kier alpha value is -1.23. The molecule has 1 saturated carbocycles. The first-order valence-electron chi connectivity index (χ1n) is 8.47. The molecular formula is C17H25F3IN3O2. The summed E-state index contributed by atoms with van der Waals surface area (Å²) < 4.78 is 45.9. The Bertz CT molecular complexity index is 547. The molecule has 0 unspecified atom stereocenters. The number of hydrogen-bond acceptors (Lipinski definition) is 3. The van der Waals surface area contributed by atoms with Crippen molar-refractivity contribution in [2.75, 3.05) is 18.5 Å². The number of halogens is 4. The van der Waals surface area contributed by atoms with E-state index in [2.05, 4.69) is 15.0 Å². The van der Waals surface area contributed by atoms with Crippen LogP contribution in [0.5, 0.6) is 5.75 Å². The average molecular weight is 487 g/mol. The molecule has 0 heterocycles. The first kappa shape index (κ1) is 22.8. The lowest BCUT2D eigenvalue weighted by molar-refractivity contribution is -0.274. The van der Waals surface area contributed by atoms with Gasteiger partial charge in [-0.2, -0.15) is 0 Å². The van der Waals surface area contributed by atoms with Gasteiger partial charge < -0.3 is 20.5 Å². The molecule has 0 aliphatic heterocycles. The van der Waals surface area contributed by atoms with Crippen LogP contribution in [-0.2, 0) is 4.74 Å². The highest BCUT2D eigenvalue weighted by Crippen LogP contribution is 2.24. The number of aliphatic imine (C=N–C) groups is 1. The maximum Gasteiger partial charge on any atom is 0.573 e. The molecule has 0 radical (unpaired) electrons. The third kappa shape index (κ3) is 9.46. The van der Waals surface area contributed by atoms with Gasteiger partial charge in [0.2, 0.25) is 0 Å². The molecule has 0 spiro atoms. The van der Waals surface area contributed by atoms with Gasteiger partial charge in [-0.25, -0.2) is 0 Å². The third-order valence-corrected chi connectivity index (χ3v) is 3.85. The van der Waals surface area contributed by atoms with E-state index in [-0.39, 0.29) is 35.7 Å². The summed E-state index contributed by atoms with van der Waals surface area (Å²) in [4.78, 5) is 4.18. The van der Waals surface area contributed by atoms with Crippen LogP contribution >= 0.6 is 24.0 Å². The van der Waals surface area contributed by atoms with E-state index >= 15 is 0 Å². The zero-order valence-electron chi connectivity index (χ0n) is 14.4. The van der Waals surface area contributed by atoms with Crippen molar-refractivity contribution < 1.29 is 22.6 Å². The van der Waals surface area contributed by atoms with Gasteiger partial charge in [0, 0.05) is 18.8 Å². The lowest BCUT2D eigenvalue weighted by atomic mass is 9.98. The highest BCUT2D eigenvalue weighted by Gasteiger charge is 2.30. The summed E-state index contributed by atoms with van der Waals surface area (Å²) in [6.45, 7) is 1.19. The molecule has 1 aliphatic carbocycles. The Kier molecular flexibility index (Phi) is 10.1. The molecule has 1 fully saturated rings. The minimum Gasteiger partial charge on any atom is -0.406 e. The molecule has 1 aromatic rings. The Morgan fingerprint density at radius 2 is 1.81 bits per heavy atom. The van der Waals surface area contributed by atoms with Gasteiger partial charge in [0.25, 0.3) is 0 Å². The van der Waals surface area contributed by atoms with E-state index in [4.69, 9.17) is 10.5 Å². The predicted molar refractivity (Wildman–Crippen MR) is 106 cm³/mol. The van der Waals surface area contributed by atoms with Crippen LogP contribution in [0.3, 0.4) is 0 Å². The Labute approximate surface area is 168 Å². The van der Waals surface area contributed by atoms with Crippen molar-refractivity contribution in [3.63, 3.8) is 0 Å². The van der Waals surface area contributed by atoms with Crippen LogP contribution in [0.25, 0.3) is 0 Å². The number of alkyl halides is 3.